The lowest BCUT2D eigenvalue weighted by Gasteiger charge is -2.29. The Morgan fingerprint density at radius 3 is 2.44 bits per heavy atom. The van der Waals surface area contributed by atoms with Crippen LogP contribution >= 0.6 is 0 Å². The Morgan fingerprint density at radius 1 is 0.902 bits per heavy atom. The van der Waals surface area contributed by atoms with Gasteiger partial charge < -0.3 is 21.3 Å². The van der Waals surface area contributed by atoms with Gasteiger partial charge in [-0.25, -0.2) is 18.3 Å². The number of hydrogen-bond donors (Lipinski definition) is 4. The van der Waals surface area contributed by atoms with E-state index in [4.69, 9.17) is 0 Å². The van der Waals surface area contributed by atoms with E-state index in [2.05, 4.69) is 36.3 Å². The molecule has 1 aromatic carbocycles. The second-order valence-electron chi connectivity index (χ2n) is 10.7. The molecule has 10 nitrogen and oxygen atoms in total. The van der Waals surface area contributed by atoms with E-state index in [-0.39, 0.29) is 35.1 Å². The van der Waals surface area contributed by atoms with Crippen molar-refractivity contribution in [1.29, 1.82) is 0 Å². The van der Waals surface area contributed by atoms with E-state index in [0.29, 0.717) is 29.6 Å². The molecule has 0 spiro atoms. The van der Waals surface area contributed by atoms with E-state index in [1.165, 1.54) is 35.1 Å². The Hall–Kier alpha value is -4.61. The maximum Gasteiger partial charge on any atom is 0.276 e. The number of carbonyl (C=O) groups excluding carboxylic acids is 2. The molecule has 0 radical (unpaired) electrons. The molecule has 4 aromatic rings. The van der Waals surface area contributed by atoms with Crippen molar-refractivity contribution in [3.05, 3.63) is 72.3 Å². The van der Waals surface area contributed by atoms with E-state index in [1.54, 1.807) is 12.1 Å². The average molecular weight is 561 g/mol. The number of amides is 2. The highest BCUT2D eigenvalue weighted by atomic mass is 19.1. The SMILES string of the molecule is O=C(CC1CCC(Nc2cc(NC3CC3)c3ncc(C(=O)Nc4ccncc4F)n3n2)CC1)Nc1cccc(F)c1. The van der Waals surface area contributed by atoms with Crippen LogP contribution in [0.5, 0.6) is 0 Å². The molecular formula is C29H30F2N8O2. The molecule has 2 aliphatic rings. The van der Waals surface area contributed by atoms with E-state index in [0.717, 1.165) is 50.4 Å². The molecule has 2 amide bonds. The Bertz CT molecular complexity index is 1580. The van der Waals surface area contributed by atoms with Crippen molar-refractivity contribution in [2.45, 2.75) is 57.0 Å². The molecule has 212 valence electrons. The van der Waals surface area contributed by atoms with Gasteiger partial charge in [0.2, 0.25) is 5.91 Å². The predicted octanol–water partition coefficient (Wildman–Crippen LogP) is 5.23. The summed E-state index contributed by atoms with van der Waals surface area (Å²) in [5.74, 6) is -0.850. The van der Waals surface area contributed by atoms with E-state index in [9.17, 15) is 18.4 Å². The molecule has 2 saturated carbocycles. The van der Waals surface area contributed by atoms with Crippen LogP contribution in [0.4, 0.5) is 31.7 Å². The summed E-state index contributed by atoms with van der Waals surface area (Å²) >= 11 is 0. The van der Waals surface area contributed by atoms with Crippen LogP contribution in [0.25, 0.3) is 5.65 Å². The summed E-state index contributed by atoms with van der Waals surface area (Å²) in [4.78, 5) is 33.7. The van der Waals surface area contributed by atoms with Gasteiger partial charge in [0, 0.05) is 36.5 Å². The molecule has 0 aliphatic heterocycles. The summed E-state index contributed by atoms with van der Waals surface area (Å²) in [7, 11) is 0. The number of benzene rings is 1. The highest BCUT2D eigenvalue weighted by Crippen LogP contribution is 2.32. The Balaban J connectivity index is 1.12. The van der Waals surface area contributed by atoms with Crippen molar-refractivity contribution in [2.75, 3.05) is 21.3 Å². The lowest BCUT2D eigenvalue weighted by Crippen LogP contribution is -2.29. The minimum absolute atomic E-state index is 0.0203. The minimum atomic E-state index is -0.636. The Morgan fingerprint density at radius 2 is 1.68 bits per heavy atom. The first kappa shape index (κ1) is 26.6. The number of hydrogen-bond acceptors (Lipinski definition) is 7. The third kappa shape index (κ3) is 6.42. The third-order valence-electron chi connectivity index (χ3n) is 7.44. The maximum absolute atomic E-state index is 14.1. The number of carbonyl (C=O) groups is 2. The number of nitrogens with zero attached hydrogens (tertiary/aromatic N) is 4. The number of aromatic nitrogens is 4. The zero-order valence-electron chi connectivity index (χ0n) is 22.2. The van der Waals surface area contributed by atoms with Crippen LogP contribution in [0.1, 0.15) is 55.4 Å². The number of nitrogens with one attached hydrogen (secondary N) is 4. The van der Waals surface area contributed by atoms with Crippen molar-refractivity contribution in [3.8, 4) is 0 Å². The summed E-state index contributed by atoms with van der Waals surface area (Å²) in [5.41, 5.74) is 1.93. The van der Waals surface area contributed by atoms with Gasteiger partial charge in [-0.15, -0.1) is 5.10 Å². The highest BCUT2D eigenvalue weighted by Gasteiger charge is 2.27. The average Bonchev–Trinajstić information content (AvgIpc) is 3.66. The van der Waals surface area contributed by atoms with E-state index in [1.807, 2.05) is 6.07 Å². The number of halogens is 2. The van der Waals surface area contributed by atoms with Crippen molar-refractivity contribution >= 4 is 40.3 Å². The number of rotatable bonds is 9. The second kappa shape index (κ2) is 11.5. The van der Waals surface area contributed by atoms with Crippen LogP contribution in [0, 0.1) is 17.6 Å². The molecule has 6 rings (SSSR count). The monoisotopic (exact) mass is 560 g/mol. The lowest BCUT2D eigenvalue weighted by atomic mass is 9.84. The second-order valence-corrected chi connectivity index (χ2v) is 10.7. The first-order chi connectivity index (χ1) is 19.9. The molecule has 41 heavy (non-hydrogen) atoms. The highest BCUT2D eigenvalue weighted by molar-refractivity contribution is 6.03. The summed E-state index contributed by atoms with van der Waals surface area (Å²) in [6, 6.07) is 9.67. The van der Waals surface area contributed by atoms with Gasteiger partial charge in [-0.1, -0.05) is 6.07 Å². The molecule has 4 N–H and O–H groups in total. The van der Waals surface area contributed by atoms with Gasteiger partial charge in [0.15, 0.2) is 17.2 Å². The van der Waals surface area contributed by atoms with Crippen LogP contribution in [0.2, 0.25) is 0 Å². The zero-order valence-corrected chi connectivity index (χ0v) is 22.2. The predicted molar refractivity (Wildman–Crippen MR) is 151 cm³/mol. The molecule has 12 heteroatoms. The number of pyridine rings is 1. The van der Waals surface area contributed by atoms with Crippen molar-refractivity contribution in [3.63, 3.8) is 0 Å². The summed E-state index contributed by atoms with van der Waals surface area (Å²) in [6.07, 6.45) is 9.79. The molecule has 0 saturated heterocycles. The fourth-order valence-electron chi connectivity index (χ4n) is 5.17. The number of imidazole rings is 1. The van der Waals surface area contributed by atoms with Crippen LogP contribution in [0.15, 0.2) is 55.0 Å². The molecule has 0 atom stereocenters. The van der Waals surface area contributed by atoms with Crippen LogP contribution in [-0.4, -0.2) is 43.5 Å². The largest absolute Gasteiger partial charge is 0.379 e. The third-order valence-corrected chi connectivity index (χ3v) is 7.44. The first-order valence-electron chi connectivity index (χ1n) is 13.8. The van der Waals surface area contributed by atoms with Gasteiger partial charge in [-0.3, -0.25) is 14.6 Å². The molecule has 0 bridgehead atoms. The van der Waals surface area contributed by atoms with Crippen molar-refractivity contribution < 1.29 is 18.4 Å². The van der Waals surface area contributed by atoms with Crippen LogP contribution < -0.4 is 21.3 Å². The molecule has 2 fully saturated rings. The van der Waals surface area contributed by atoms with Crippen LogP contribution in [0.3, 0.4) is 0 Å². The lowest BCUT2D eigenvalue weighted by molar-refractivity contribution is -0.117. The van der Waals surface area contributed by atoms with Gasteiger partial charge in [-0.2, -0.15) is 0 Å². The topological polar surface area (TPSA) is 125 Å². The van der Waals surface area contributed by atoms with E-state index >= 15 is 0 Å². The minimum Gasteiger partial charge on any atom is -0.379 e. The molecule has 3 aromatic heterocycles. The summed E-state index contributed by atoms with van der Waals surface area (Å²) < 4.78 is 29.0. The van der Waals surface area contributed by atoms with Crippen molar-refractivity contribution in [1.82, 2.24) is 19.6 Å². The molecule has 2 aliphatic carbocycles. The maximum atomic E-state index is 14.1. The quantitative estimate of drug-likeness (QED) is 0.221. The number of anilines is 4. The van der Waals surface area contributed by atoms with Gasteiger partial charge in [0.05, 0.1) is 23.8 Å². The Kier molecular flexibility index (Phi) is 7.45. The fourth-order valence-corrected chi connectivity index (χ4v) is 5.17. The summed E-state index contributed by atoms with van der Waals surface area (Å²) in [6.45, 7) is 0. The van der Waals surface area contributed by atoms with Gasteiger partial charge >= 0.3 is 0 Å². The van der Waals surface area contributed by atoms with Gasteiger partial charge in [0.25, 0.3) is 5.91 Å². The first-order valence-corrected chi connectivity index (χ1v) is 13.8. The van der Waals surface area contributed by atoms with E-state index < -0.39 is 11.7 Å². The number of fused-ring (bicyclic) bond motifs is 1. The smallest absolute Gasteiger partial charge is 0.276 e. The molecule has 0 unspecified atom stereocenters. The van der Waals surface area contributed by atoms with Gasteiger partial charge in [-0.05, 0) is 68.7 Å². The standard InChI is InChI=1S/C29H30F2N8O2/c30-18-2-1-3-21(13-18)36-27(40)12-17-4-6-20(7-5-17)35-26-14-24(34-19-8-9-19)28-33-16-25(39(28)38-26)29(41)37-23-10-11-32-15-22(23)31/h1-3,10-11,13-17,19-20,34H,4-9,12H2,(H,35,38)(H,36,40)(H,32,37,41). The molecule has 3 heterocycles. The molecular weight excluding hydrogens is 530 g/mol. The van der Waals surface area contributed by atoms with Gasteiger partial charge in [0.1, 0.15) is 11.6 Å². The Labute approximate surface area is 235 Å². The van der Waals surface area contributed by atoms with Crippen molar-refractivity contribution in [2.24, 2.45) is 5.92 Å². The zero-order chi connectivity index (χ0) is 28.3. The summed E-state index contributed by atoms with van der Waals surface area (Å²) in [5, 5.41) is 17.0. The normalized spacial score (nSPS) is 18.6. The fraction of sp³-hybridized carbons (Fsp3) is 0.345. The van der Waals surface area contributed by atoms with Crippen LogP contribution in [-0.2, 0) is 4.79 Å².